The summed E-state index contributed by atoms with van der Waals surface area (Å²) in [5.74, 6) is 0. The van der Waals surface area contributed by atoms with Crippen LogP contribution in [-0.2, 0) is 0 Å². The molecule has 0 radical (unpaired) electrons. The van der Waals surface area contributed by atoms with Gasteiger partial charge in [-0.25, -0.2) is 4.98 Å². The van der Waals surface area contributed by atoms with E-state index in [2.05, 4.69) is 240 Å². The molecule has 0 aliphatic carbocycles. The minimum absolute atomic E-state index is 0.944. The lowest BCUT2D eigenvalue weighted by Gasteiger charge is -2.47. The third kappa shape index (κ3) is 6.52. The lowest BCUT2D eigenvalue weighted by molar-refractivity contribution is 1.17. The predicted molar refractivity (Wildman–Crippen MR) is 266 cm³/mol. The molecule has 3 heterocycles. The summed E-state index contributed by atoms with van der Waals surface area (Å²) in [6.07, 6.45) is 9.67. The average Bonchev–Trinajstić information content (AvgIpc) is 3.81. The normalized spacial score (nSPS) is 12.6. The first-order valence-corrected chi connectivity index (χ1v) is 25.1. The van der Waals surface area contributed by atoms with Gasteiger partial charge in [-0.1, -0.05) is 121 Å². The van der Waals surface area contributed by atoms with E-state index in [1.54, 1.807) is 0 Å². The first-order valence-electron chi connectivity index (χ1n) is 21.1. The van der Waals surface area contributed by atoms with Gasteiger partial charge < -0.3 is 9.13 Å². The molecule has 0 aliphatic heterocycles. The van der Waals surface area contributed by atoms with Gasteiger partial charge in [0.05, 0.1) is 33.5 Å². The molecule has 0 spiro atoms. The van der Waals surface area contributed by atoms with Crippen LogP contribution >= 0.6 is 9.16 Å². The van der Waals surface area contributed by atoms with Crippen molar-refractivity contribution in [2.45, 2.75) is 4.90 Å². The largest absolute Gasteiger partial charge is 0.309 e. The first-order chi connectivity index (χ1) is 29.6. The highest BCUT2D eigenvalue weighted by Gasteiger charge is 2.22. The Kier molecular flexibility index (Phi) is 8.45. The Labute approximate surface area is 357 Å². The average molecular weight is 806 g/mol. The van der Waals surface area contributed by atoms with E-state index in [1.165, 1.54) is 70.9 Å². The van der Waals surface area contributed by atoms with Crippen molar-refractivity contribution in [3.05, 3.63) is 206 Å². The standard InChI is InChI=1S/C57H47N3S/c1-61(2,3,4)47-30-28-45(29-31-47)59-54-24-13-11-22-48(54)50-35-41(26-32-56(50)59)42-27-33-57-51(36-42)49-23-12-14-25-55(49)60(57)46-21-15-20-43(34-46)53-38-44(39-16-7-5-8-17-39)37-52(58-53)40-18-9-6-10-19-40/h5-38,61H,1-4H3. The van der Waals surface area contributed by atoms with Crippen molar-refractivity contribution in [3.63, 3.8) is 0 Å². The van der Waals surface area contributed by atoms with E-state index in [0.717, 1.165) is 33.8 Å². The number of pyridine rings is 1. The van der Waals surface area contributed by atoms with Gasteiger partial charge in [0.25, 0.3) is 0 Å². The predicted octanol–water partition coefficient (Wildman–Crippen LogP) is 14.9. The second-order valence-electron chi connectivity index (χ2n) is 18.2. The molecule has 0 saturated carbocycles. The molecule has 0 bridgehead atoms. The minimum Gasteiger partial charge on any atom is -0.309 e. The van der Waals surface area contributed by atoms with Crippen LogP contribution in [0.4, 0.5) is 0 Å². The van der Waals surface area contributed by atoms with Crippen LogP contribution in [-0.4, -0.2) is 39.1 Å². The van der Waals surface area contributed by atoms with Gasteiger partial charge in [0.2, 0.25) is 0 Å². The Hall–Kier alpha value is -7.14. The Balaban J connectivity index is 1.02. The quantitative estimate of drug-likeness (QED) is 0.159. The minimum atomic E-state index is -1.88. The molecule has 3 aromatic heterocycles. The summed E-state index contributed by atoms with van der Waals surface area (Å²) in [4.78, 5) is 6.71. The summed E-state index contributed by atoms with van der Waals surface area (Å²) in [6.45, 7) is 0. The highest BCUT2D eigenvalue weighted by molar-refractivity contribution is 8.47. The zero-order valence-electron chi connectivity index (χ0n) is 34.9. The van der Waals surface area contributed by atoms with Crippen LogP contribution in [0.5, 0.6) is 0 Å². The molecule has 61 heavy (non-hydrogen) atoms. The van der Waals surface area contributed by atoms with E-state index < -0.39 is 9.16 Å². The fourth-order valence-electron chi connectivity index (χ4n) is 9.10. The van der Waals surface area contributed by atoms with E-state index in [1.807, 2.05) is 0 Å². The zero-order valence-corrected chi connectivity index (χ0v) is 35.8. The Morgan fingerprint density at radius 3 is 1.36 bits per heavy atom. The highest BCUT2D eigenvalue weighted by atomic mass is 32.3. The van der Waals surface area contributed by atoms with Crippen LogP contribution in [0.1, 0.15) is 0 Å². The maximum atomic E-state index is 5.26. The Bertz CT molecular complexity index is 3390. The number of para-hydroxylation sites is 2. The number of hydrogen-bond donors (Lipinski definition) is 1. The number of hydrogen-bond acceptors (Lipinski definition) is 1. The van der Waals surface area contributed by atoms with E-state index in [-0.39, 0.29) is 0 Å². The molecule has 3 nitrogen and oxygen atoms in total. The van der Waals surface area contributed by atoms with Crippen molar-refractivity contribution in [1.82, 2.24) is 14.1 Å². The maximum absolute atomic E-state index is 5.26. The van der Waals surface area contributed by atoms with Crippen molar-refractivity contribution in [3.8, 4) is 56.1 Å². The summed E-state index contributed by atoms with van der Waals surface area (Å²) in [5.41, 5.74) is 15.9. The molecule has 0 saturated heterocycles. The monoisotopic (exact) mass is 805 g/mol. The summed E-state index contributed by atoms with van der Waals surface area (Å²) in [5, 5.41) is 4.98. The second kappa shape index (κ2) is 14.0. The number of aromatic nitrogens is 3. The Morgan fingerprint density at radius 2 is 0.787 bits per heavy atom. The molecular weight excluding hydrogens is 759 g/mol. The molecule has 0 atom stereocenters. The van der Waals surface area contributed by atoms with Crippen molar-refractivity contribution in [2.24, 2.45) is 0 Å². The fourth-order valence-corrected chi connectivity index (χ4v) is 10.4. The van der Waals surface area contributed by atoms with Crippen molar-refractivity contribution >= 4 is 52.8 Å². The zero-order chi connectivity index (χ0) is 41.3. The SMILES string of the molecule is C[SH](C)(C)(C)c1ccc(-n2c3ccccc3c3cc(-c4ccc5c(c4)c4ccccc4n5-c4cccc(-c5cc(-c6ccccc6)cc(-c6ccccc6)n5)c4)ccc32)cc1. The van der Waals surface area contributed by atoms with E-state index >= 15 is 0 Å². The van der Waals surface area contributed by atoms with Crippen LogP contribution in [0.3, 0.4) is 0 Å². The number of rotatable bonds is 7. The van der Waals surface area contributed by atoms with Gasteiger partial charge in [-0.05, 0) is 137 Å². The number of nitrogens with zero attached hydrogens (tertiary/aromatic N) is 3. The van der Waals surface area contributed by atoms with Crippen LogP contribution in [0.2, 0.25) is 0 Å². The van der Waals surface area contributed by atoms with E-state index in [0.29, 0.717) is 0 Å². The summed E-state index contributed by atoms with van der Waals surface area (Å²) in [6, 6.07) is 75.1. The summed E-state index contributed by atoms with van der Waals surface area (Å²) in [7, 11) is -1.88. The fraction of sp³-hybridized carbons (Fsp3) is 0.0702. The molecule has 11 aromatic rings. The number of benzene rings is 8. The smallest absolute Gasteiger partial charge is 0.0716 e. The van der Waals surface area contributed by atoms with Crippen LogP contribution in [0, 0.1) is 0 Å². The molecule has 4 heteroatoms. The second-order valence-corrected chi connectivity index (χ2v) is 25.8. The Morgan fingerprint density at radius 1 is 0.311 bits per heavy atom. The lowest BCUT2D eigenvalue weighted by Crippen LogP contribution is -2.10. The van der Waals surface area contributed by atoms with Gasteiger partial charge in [-0.3, -0.25) is 9.16 Å². The van der Waals surface area contributed by atoms with Gasteiger partial charge in [-0.2, -0.15) is 0 Å². The summed E-state index contributed by atoms with van der Waals surface area (Å²) < 4.78 is 4.83. The lowest BCUT2D eigenvalue weighted by atomic mass is 10.00. The first kappa shape index (κ1) is 36.9. The molecule has 8 aromatic carbocycles. The van der Waals surface area contributed by atoms with Crippen LogP contribution in [0.15, 0.2) is 211 Å². The van der Waals surface area contributed by atoms with Crippen molar-refractivity contribution in [1.29, 1.82) is 0 Å². The van der Waals surface area contributed by atoms with Gasteiger partial charge in [0.15, 0.2) is 0 Å². The summed E-state index contributed by atoms with van der Waals surface area (Å²) >= 11 is 0. The third-order valence-electron chi connectivity index (χ3n) is 12.2. The van der Waals surface area contributed by atoms with Crippen LogP contribution < -0.4 is 0 Å². The van der Waals surface area contributed by atoms with Gasteiger partial charge in [-0.15, -0.1) is 0 Å². The molecule has 0 fully saturated rings. The molecule has 0 N–H and O–H groups in total. The third-order valence-corrected chi connectivity index (χ3v) is 14.6. The molecule has 0 amide bonds. The number of thiol groups is 1. The molecule has 11 rings (SSSR count). The van der Waals surface area contributed by atoms with Gasteiger partial charge in [0.1, 0.15) is 0 Å². The topological polar surface area (TPSA) is 22.8 Å². The van der Waals surface area contributed by atoms with Crippen molar-refractivity contribution in [2.75, 3.05) is 25.0 Å². The van der Waals surface area contributed by atoms with Gasteiger partial charge >= 0.3 is 0 Å². The van der Waals surface area contributed by atoms with E-state index in [9.17, 15) is 0 Å². The highest BCUT2D eigenvalue weighted by Crippen LogP contribution is 2.63. The van der Waals surface area contributed by atoms with E-state index in [4.69, 9.17) is 4.98 Å². The molecule has 0 unspecified atom stereocenters. The molecule has 296 valence electrons. The molecular formula is C57H47N3S. The van der Waals surface area contributed by atoms with Crippen LogP contribution in [0.25, 0.3) is 99.8 Å². The maximum Gasteiger partial charge on any atom is 0.0716 e. The number of fused-ring (bicyclic) bond motifs is 6. The van der Waals surface area contributed by atoms with Gasteiger partial charge in [0, 0.05) is 44.0 Å². The molecule has 0 aliphatic rings. The van der Waals surface area contributed by atoms with Crippen molar-refractivity contribution < 1.29 is 0 Å².